The molecule has 2 fully saturated rings. The molecule has 1 aromatic heterocycles. The number of rotatable bonds is 6. The van der Waals surface area contributed by atoms with Crippen LogP contribution >= 0.6 is 0 Å². The summed E-state index contributed by atoms with van der Waals surface area (Å²) in [6.07, 6.45) is 6.86. The summed E-state index contributed by atoms with van der Waals surface area (Å²) in [6.45, 7) is 3.64. The number of para-hydroxylation sites is 1. The van der Waals surface area contributed by atoms with Gasteiger partial charge in [0, 0.05) is 23.9 Å². The second-order valence-corrected chi connectivity index (χ2v) is 8.45. The van der Waals surface area contributed by atoms with E-state index in [9.17, 15) is 4.79 Å². The van der Waals surface area contributed by atoms with Crippen LogP contribution in [0.25, 0.3) is 10.9 Å². The SMILES string of the molecule is CN1CCC(CCC(=O)N[C@H]2COC[C@H]2Cc2ccnc3ccccc23)CC1. The molecule has 2 aliphatic heterocycles. The minimum atomic E-state index is 0.108. The average Bonchev–Trinajstić information content (AvgIpc) is 3.14. The molecular formula is C23H31N3O2. The zero-order chi connectivity index (χ0) is 19.3. The number of hydrogen-bond donors (Lipinski definition) is 1. The number of pyridine rings is 1. The van der Waals surface area contributed by atoms with Crippen molar-refractivity contribution >= 4 is 16.8 Å². The highest BCUT2D eigenvalue weighted by molar-refractivity contribution is 5.82. The van der Waals surface area contributed by atoms with Gasteiger partial charge < -0.3 is 15.0 Å². The summed E-state index contributed by atoms with van der Waals surface area (Å²) >= 11 is 0. The Morgan fingerprint density at radius 2 is 2.04 bits per heavy atom. The minimum absolute atomic E-state index is 0.108. The van der Waals surface area contributed by atoms with Crippen LogP contribution < -0.4 is 5.32 Å². The van der Waals surface area contributed by atoms with Crippen LogP contribution in [0.3, 0.4) is 0 Å². The molecule has 3 heterocycles. The second-order valence-electron chi connectivity index (χ2n) is 8.45. The van der Waals surface area contributed by atoms with E-state index in [0.717, 1.165) is 31.4 Å². The number of amides is 1. The summed E-state index contributed by atoms with van der Waals surface area (Å²) in [5.74, 6) is 1.19. The quantitative estimate of drug-likeness (QED) is 0.836. The van der Waals surface area contributed by atoms with Gasteiger partial charge in [-0.25, -0.2) is 0 Å². The first-order valence-corrected chi connectivity index (χ1v) is 10.6. The van der Waals surface area contributed by atoms with Gasteiger partial charge in [-0.1, -0.05) is 18.2 Å². The van der Waals surface area contributed by atoms with Crippen molar-refractivity contribution in [1.29, 1.82) is 0 Å². The van der Waals surface area contributed by atoms with Crippen LogP contribution in [0.1, 0.15) is 31.2 Å². The number of carbonyl (C=O) groups excluding carboxylic acids is 1. The van der Waals surface area contributed by atoms with E-state index in [4.69, 9.17) is 4.74 Å². The van der Waals surface area contributed by atoms with Gasteiger partial charge in [0.2, 0.25) is 5.91 Å². The Morgan fingerprint density at radius 3 is 2.89 bits per heavy atom. The maximum atomic E-state index is 12.5. The lowest BCUT2D eigenvalue weighted by Gasteiger charge is -2.29. The molecule has 1 N–H and O–H groups in total. The summed E-state index contributed by atoms with van der Waals surface area (Å²) in [5.41, 5.74) is 2.31. The molecule has 150 valence electrons. The summed E-state index contributed by atoms with van der Waals surface area (Å²) < 4.78 is 5.73. The average molecular weight is 382 g/mol. The predicted molar refractivity (Wildman–Crippen MR) is 111 cm³/mol. The molecule has 0 spiro atoms. The molecule has 2 saturated heterocycles. The number of piperidine rings is 1. The van der Waals surface area contributed by atoms with E-state index in [1.54, 1.807) is 0 Å². The van der Waals surface area contributed by atoms with Gasteiger partial charge in [0.1, 0.15) is 0 Å². The zero-order valence-corrected chi connectivity index (χ0v) is 16.8. The van der Waals surface area contributed by atoms with Crippen molar-refractivity contribution in [2.75, 3.05) is 33.4 Å². The van der Waals surface area contributed by atoms with Crippen LogP contribution in [-0.2, 0) is 16.0 Å². The van der Waals surface area contributed by atoms with Gasteiger partial charge >= 0.3 is 0 Å². The summed E-state index contributed by atoms with van der Waals surface area (Å²) in [5, 5.41) is 4.45. The van der Waals surface area contributed by atoms with Crippen molar-refractivity contribution in [3.8, 4) is 0 Å². The lowest BCUT2D eigenvalue weighted by molar-refractivity contribution is -0.122. The third kappa shape index (κ3) is 4.70. The predicted octanol–water partition coefficient (Wildman–Crippen LogP) is 3.03. The molecule has 0 bridgehead atoms. The van der Waals surface area contributed by atoms with Crippen molar-refractivity contribution in [3.63, 3.8) is 0 Å². The van der Waals surface area contributed by atoms with E-state index in [1.165, 1.54) is 23.8 Å². The third-order valence-electron chi connectivity index (χ3n) is 6.38. The monoisotopic (exact) mass is 381 g/mol. The van der Waals surface area contributed by atoms with E-state index < -0.39 is 0 Å². The summed E-state index contributed by atoms with van der Waals surface area (Å²) in [6, 6.07) is 10.5. The van der Waals surface area contributed by atoms with Crippen LogP contribution in [-0.4, -0.2) is 55.2 Å². The topological polar surface area (TPSA) is 54.5 Å². The van der Waals surface area contributed by atoms with Crippen LogP contribution in [0, 0.1) is 11.8 Å². The van der Waals surface area contributed by atoms with Gasteiger partial charge in [-0.2, -0.15) is 0 Å². The Kier molecular flexibility index (Phi) is 6.23. The van der Waals surface area contributed by atoms with Gasteiger partial charge in [-0.05, 0) is 69.4 Å². The molecule has 5 nitrogen and oxygen atoms in total. The number of hydrogen-bond acceptors (Lipinski definition) is 4. The molecule has 2 aromatic rings. The van der Waals surface area contributed by atoms with Crippen molar-refractivity contribution in [1.82, 2.24) is 15.2 Å². The highest BCUT2D eigenvalue weighted by Gasteiger charge is 2.30. The van der Waals surface area contributed by atoms with Crippen molar-refractivity contribution in [3.05, 3.63) is 42.1 Å². The van der Waals surface area contributed by atoms with Gasteiger partial charge in [0.15, 0.2) is 0 Å². The molecule has 28 heavy (non-hydrogen) atoms. The normalized spacial score (nSPS) is 23.9. The first kappa shape index (κ1) is 19.3. The number of nitrogens with one attached hydrogen (secondary N) is 1. The molecular weight excluding hydrogens is 350 g/mol. The van der Waals surface area contributed by atoms with E-state index in [1.807, 2.05) is 18.3 Å². The number of carbonyl (C=O) groups is 1. The van der Waals surface area contributed by atoms with E-state index >= 15 is 0 Å². The number of aromatic nitrogens is 1. The largest absolute Gasteiger partial charge is 0.379 e. The van der Waals surface area contributed by atoms with Crippen molar-refractivity contribution in [2.45, 2.75) is 38.1 Å². The van der Waals surface area contributed by atoms with Crippen molar-refractivity contribution in [2.24, 2.45) is 11.8 Å². The number of likely N-dealkylation sites (tertiary alicyclic amines) is 1. The van der Waals surface area contributed by atoms with Gasteiger partial charge in [0.05, 0.1) is 24.8 Å². The van der Waals surface area contributed by atoms with Gasteiger partial charge in [-0.15, -0.1) is 0 Å². The number of benzene rings is 1. The molecule has 0 radical (unpaired) electrons. The number of ether oxygens (including phenoxy) is 1. The highest BCUT2D eigenvalue weighted by Crippen LogP contribution is 2.25. The Bertz CT molecular complexity index is 796. The first-order valence-electron chi connectivity index (χ1n) is 10.6. The summed E-state index contributed by atoms with van der Waals surface area (Å²) in [4.78, 5) is 19.4. The fourth-order valence-electron chi connectivity index (χ4n) is 4.54. The Hall–Kier alpha value is -1.98. The van der Waals surface area contributed by atoms with Gasteiger partial charge in [0.25, 0.3) is 0 Å². The lowest BCUT2D eigenvalue weighted by Crippen LogP contribution is -2.41. The van der Waals surface area contributed by atoms with E-state index in [2.05, 4.69) is 40.4 Å². The standard InChI is InChI=1S/C23H31N3O2/c1-26-12-9-17(10-13-26)6-7-23(27)25-22-16-28-15-19(22)14-18-8-11-24-21-5-3-2-4-20(18)21/h2-5,8,11,17,19,22H,6-7,9-10,12-16H2,1H3,(H,25,27)/t19-,22+/m1/s1. The van der Waals surface area contributed by atoms with Crippen LogP contribution in [0.4, 0.5) is 0 Å². The van der Waals surface area contributed by atoms with E-state index in [-0.39, 0.29) is 11.9 Å². The molecule has 0 saturated carbocycles. The summed E-state index contributed by atoms with van der Waals surface area (Å²) in [7, 11) is 2.18. The van der Waals surface area contributed by atoms with E-state index in [0.29, 0.717) is 31.5 Å². The Balaban J connectivity index is 1.31. The first-order chi connectivity index (χ1) is 13.7. The number of nitrogens with zero attached hydrogens (tertiary/aromatic N) is 2. The van der Waals surface area contributed by atoms with Crippen molar-refractivity contribution < 1.29 is 9.53 Å². The fourth-order valence-corrected chi connectivity index (χ4v) is 4.54. The molecule has 0 aliphatic carbocycles. The van der Waals surface area contributed by atoms with Crippen LogP contribution in [0.2, 0.25) is 0 Å². The van der Waals surface area contributed by atoms with Crippen LogP contribution in [0.15, 0.2) is 36.5 Å². The Morgan fingerprint density at radius 1 is 1.21 bits per heavy atom. The maximum Gasteiger partial charge on any atom is 0.220 e. The molecule has 4 rings (SSSR count). The maximum absolute atomic E-state index is 12.5. The number of fused-ring (bicyclic) bond motifs is 1. The lowest BCUT2D eigenvalue weighted by atomic mass is 9.91. The molecule has 2 aliphatic rings. The molecule has 5 heteroatoms. The smallest absolute Gasteiger partial charge is 0.220 e. The minimum Gasteiger partial charge on any atom is -0.379 e. The molecule has 1 amide bonds. The van der Waals surface area contributed by atoms with Gasteiger partial charge in [-0.3, -0.25) is 9.78 Å². The molecule has 1 aromatic carbocycles. The molecule has 0 unspecified atom stereocenters. The fraction of sp³-hybridized carbons (Fsp3) is 0.565. The highest BCUT2D eigenvalue weighted by atomic mass is 16.5. The van der Waals surface area contributed by atoms with Crippen LogP contribution in [0.5, 0.6) is 0 Å². The molecule has 2 atom stereocenters. The zero-order valence-electron chi connectivity index (χ0n) is 16.8. The second kappa shape index (κ2) is 9.01. The third-order valence-corrected chi connectivity index (χ3v) is 6.38. The Labute approximate surface area is 167 Å².